The van der Waals surface area contributed by atoms with Crippen molar-refractivity contribution < 1.29 is 8.37 Å². The summed E-state index contributed by atoms with van der Waals surface area (Å²) in [6.45, 7) is 4.27. The van der Waals surface area contributed by atoms with Crippen molar-refractivity contribution in [3.05, 3.63) is 58.8 Å². The summed E-state index contributed by atoms with van der Waals surface area (Å²) < 4.78 is 15.3. The molecule has 0 saturated carbocycles. The molecule has 0 spiro atoms. The third kappa shape index (κ3) is 2.67. The van der Waals surface area contributed by atoms with Crippen LogP contribution in [0.25, 0.3) is 17.1 Å². The Morgan fingerprint density at radius 2 is 2.04 bits per heavy atom. The van der Waals surface area contributed by atoms with Gasteiger partial charge in [0.25, 0.3) is 5.88 Å². The fourth-order valence-electron chi connectivity index (χ4n) is 2.50. The lowest BCUT2D eigenvalue weighted by molar-refractivity contribution is 0.366. The lowest BCUT2D eigenvalue weighted by atomic mass is 10.3. The zero-order chi connectivity index (χ0) is 17.4. The average molecular weight is 357 g/mol. The van der Waals surface area contributed by atoms with Gasteiger partial charge in [-0.15, -0.1) is 5.10 Å². The van der Waals surface area contributed by atoms with E-state index >= 15 is 0 Å². The number of nitrogens with zero attached hydrogens (tertiary/aromatic N) is 5. The Labute approximate surface area is 147 Å². The van der Waals surface area contributed by atoms with Crippen LogP contribution in [0.2, 0.25) is 0 Å². The molecule has 0 N–H and O–H groups in total. The lowest BCUT2D eigenvalue weighted by Gasteiger charge is -2.04. The van der Waals surface area contributed by atoms with E-state index in [1.165, 1.54) is 9.08 Å². The summed E-state index contributed by atoms with van der Waals surface area (Å²) in [5.74, 6) is 0.682. The molecule has 8 nitrogen and oxygen atoms in total. The molecule has 9 heteroatoms. The SMILES string of the molecule is CCOSOc1c(-n2nc3ccc(C)cn3c2=O)nc2ccccn12. The van der Waals surface area contributed by atoms with Crippen LogP contribution in [0.3, 0.4) is 0 Å². The highest BCUT2D eigenvalue weighted by molar-refractivity contribution is 7.90. The summed E-state index contributed by atoms with van der Waals surface area (Å²) in [5.41, 5.74) is 1.83. The van der Waals surface area contributed by atoms with E-state index in [0.29, 0.717) is 29.6 Å². The van der Waals surface area contributed by atoms with E-state index in [1.54, 1.807) is 22.9 Å². The van der Waals surface area contributed by atoms with Crippen LogP contribution in [0.1, 0.15) is 12.5 Å². The largest absolute Gasteiger partial charge is 0.377 e. The van der Waals surface area contributed by atoms with Crippen LogP contribution in [-0.4, -0.2) is 30.2 Å². The van der Waals surface area contributed by atoms with E-state index in [-0.39, 0.29) is 5.69 Å². The van der Waals surface area contributed by atoms with Crippen LogP contribution in [0, 0.1) is 6.92 Å². The molecule has 25 heavy (non-hydrogen) atoms. The first-order valence-electron chi connectivity index (χ1n) is 7.70. The summed E-state index contributed by atoms with van der Waals surface area (Å²) in [4.78, 5) is 17.3. The maximum absolute atomic E-state index is 12.8. The van der Waals surface area contributed by atoms with Crippen molar-refractivity contribution in [3.8, 4) is 11.7 Å². The van der Waals surface area contributed by atoms with Gasteiger partial charge in [-0.2, -0.15) is 4.68 Å². The van der Waals surface area contributed by atoms with Crippen LogP contribution in [0.15, 0.2) is 47.5 Å². The fourth-order valence-corrected chi connectivity index (χ4v) is 2.86. The standard InChI is InChI=1S/C16H15N5O3S/c1-3-23-25-24-15-14(17-12-6-4-5-9-19(12)15)21-16(22)20-10-11(2)7-8-13(20)18-21/h4-10H,3H2,1-2H3. The van der Waals surface area contributed by atoms with E-state index in [4.69, 9.17) is 8.37 Å². The summed E-state index contributed by atoms with van der Waals surface area (Å²) in [6.07, 6.45) is 3.55. The third-order valence-electron chi connectivity index (χ3n) is 3.61. The Morgan fingerprint density at radius 1 is 1.16 bits per heavy atom. The van der Waals surface area contributed by atoms with Gasteiger partial charge in [-0.05, 0) is 37.6 Å². The first kappa shape index (κ1) is 15.7. The molecule has 128 valence electrons. The highest BCUT2D eigenvalue weighted by Gasteiger charge is 2.20. The topological polar surface area (TPSA) is 75.1 Å². The van der Waals surface area contributed by atoms with Gasteiger partial charge in [0.05, 0.1) is 6.61 Å². The Hall–Kier alpha value is -2.78. The summed E-state index contributed by atoms with van der Waals surface area (Å²) in [6, 6.07) is 9.23. The Bertz CT molecular complexity index is 1110. The Morgan fingerprint density at radius 3 is 2.88 bits per heavy atom. The number of rotatable bonds is 5. The van der Waals surface area contributed by atoms with Crippen molar-refractivity contribution in [3.63, 3.8) is 0 Å². The zero-order valence-corrected chi connectivity index (χ0v) is 14.4. The number of aryl methyl sites for hydroxylation is 1. The summed E-state index contributed by atoms with van der Waals surface area (Å²) >= 11 is 0.839. The molecule has 0 aliphatic heterocycles. The number of aromatic nitrogens is 5. The van der Waals surface area contributed by atoms with Crippen molar-refractivity contribution in [2.45, 2.75) is 13.8 Å². The van der Waals surface area contributed by atoms with Crippen molar-refractivity contribution >= 4 is 23.6 Å². The van der Waals surface area contributed by atoms with Gasteiger partial charge in [-0.25, -0.2) is 14.2 Å². The second kappa shape index (κ2) is 6.26. The number of hydrogen-bond donors (Lipinski definition) is 0. The first-order valence-corrected chi connectivity index (χ1v) is 8.37. The second-order valence-corrected chi connectivity index (χ2v) is 5.89. The van der Waals surface area contributed by atoms with Gasteiger partial charge in [-0.1, -0.05) is 12.1 Å². The molecule has 0 bridgehead atoms. The number of pyridine rings is 2. The van der Waals surface area contributed by atoms with Gasteiger partial charge in [0.2, 0.25) is 18.1 Å². The van der Waals surface area contributed by atoms with Crippen molar-refractivity contribution in [1.29, 1.82) is 0 Å². The minimum absolute atomic E-state index is 0.310. The molecule has 0 aliphatic rings. The highest BCUT2D eigenvalue weighted by Crippen LogP contribution is 2.26. The average Bonchev–Trinajstić information content (AvgIpc) is 3.14. The smallest absolute Gasteiger partial charge is 0.356 e. The lowest BCUT2D eigenvalue weighted by Crippen LogP contribution is -2.20. The van der Waals surface area contributed by atoms with Gasteiger partial charge >= 0.3 is 5.69 Å². The van der Waals surface area contributed by atoms with Gasteiger partial charge < -0.3 is 4.18 Å². The van der Waals surface area contributed by atoms with Crippen LogP contribution < -0.4 is 9.87 Å². The molecular weight excluding hydrogens is 342 g/mol. The normalized spacial score (nSPS) is 11.4. The molecule has 0 aliphatic carbocycles. The molecule has 0 fully saturated rings. The quantitative estimate of drug-likeness (QED) is 0.403. The minimum atomic E-state index is -0.312. The Kier molecular flexibility index (Phi) is 3.94. The van der Waals surface area contributed by atoms with E-state index in [1.807, 2.05) is 38.1 Å². The van der Waals surface area contributed by atoms with Crippen LogP contribution in [-0.2, 0) is 4.18 Å². The first-order chi connectivity index (χ1) is 12.2. The van der Waals surface area contributed by atoms with E-state index in [0.717, 1.165) is 17.9 Å². The zero-order valence-electron chi connectivity index (χ0n) is 13.6. The van der Waals surface area contributed by atoms with Gasteiger partial charge in [0.1, 0.15) is 5.65 Å². The van der Waals surface area contributed by atoms with Crippen molar-refractivity contribution in [2.75, 3.05) is 6.61 Å². The molecule has 0 amide bonds. The van der Waals surface area contributed by atoms with E-state index in [2.05, 4.69) is 10.1 Å². The van der Waals surface area contributed by atoms with Crippen LogP contribution >= 0.6 is 12.3 Å². The van der Waals surface area contributed by atoms with Crippen molar-refractivity contribution in [2.24, 2.45) is 0 Å². The predicted octanol–water partition coefficient (Wildman–Crippen LogP) is 2.42. The predicted molar refractivity (Wildman–Crippen MR) is 94.1 cm³/mol. The third-order valence-corrected chi connectivity index (χ3v) is 4.17. The molecule has 4 rings (SSSR count). The van der Waals surface area contributed by atoms with E-state index < -0.39 is 0 Å². The number of hydrogen-bond acceptors (Lipinski definition) is 6. The molecule has 0 atom stereocenters. The molecular formula is C16H15N5O3S. The monoisotopic (exact) mass is 357 g/mol. The van der Waals surface area contributed by atoms with Crippen LogP contribution in [0.5, 0.6) is 5.88 Å². The van der Waals surface area contributed by atoms with Crippen molar-refractivity contribution in [1.82, 2.24) is 23.6 Å². The van der Waals surface area contributed by atoms with Crippen LogP contribution in [0.4, 0.5) is 0 Å². The Balaban J connectivity index is 1.92. The second-order valence-electron chi connectivity index (χ2n) is 5.36. The van der Waals surface area contributed by atoms with Gasteiger partial charge in [0.15, 0.2) is 5.65 Å². The highest BCUT2D eigenvalue weighted by atomic mass is 32.2. The maximum atomic E-state index is 12.8. The number of fused-ring (bicyclic) bond motifs is 2. The summed E-state index contributed by atoms with van der Waals surface area (Å²) in [7, 11) is 0. The van der Waals surface area contributed by atoms with E-state index in [9.17, 15) is 4.79 Å². The molecule has 4 aromatic rings. The van der Waals surface area contributed by atoms with Gasteiger partial charge in [0, 0.05) is 12.4 Å². The minimum Gasteiger partial charge on any atom is -0.377 e. The number of imidazole rings is 1. The molecule has 0 saturated heterocycles. The molecule has 0 unspecified atom stereocenters. The van der Waals surface area contributed by atoms with Gasteiger partial charge in [-0.3, -0.25) is 8.58 Å². The molecule has 4 heterocycles. The summed E-state index contributed by atoms with van der Waals surface area (Å²) in [5, 5.41) is 4.37. The molecule has 4 aromatic heterocycles. The maximum Gasteiger partial charge on any atom is 0.356 e. The fraction of sp³-hybridized carbons (Fsp3) is 0.188. The molecule has 0 radical (unpaired) electrons. The molecule has 0 aromatic carbocycles.